The third-order valence-electron chi connectivity index (χ3n) is 5.22. The van der Waals surface area contributed by atoms with Crippen LogP contribution in [0.3, 0.4) is 0 Å². The molecular formula is C18H24N2O3S. The van der Waals surface area contributed by atoms with Gasteiger partial charge in [-0.15, -0.1) is 11.8 Å². The van der Waals surface area contributed by atoms with Crippen LogP contribution in [-0.4, -0.2) is 53.3 Å². The largest absolute Gasteiger partial charge is 0.480 e. The summed E-state index contributed by atoms with van der Waals surface area (Å²) in [4.78, 5) is 27.0. The summed E-state index contributed by atoms with van der Waals surface area (Å²) in [5.41, 5.74) is 1.12. The highest BCUT2D eigenvalue weighted by Gasteiger charge is 2.48. The maximum Gasteiger partial charge on any atom is 0.326 e. The second-order valence-electron chi connectivity index (χ2n) is 6.88. The molecule has 2 saturated heterocycles. The van der Waals surface area contributed by atoms with Gasteiger partial charge in [-0.2, -0.15) is 0 Å². The Balaban J connectivity index is 1.68. The van der Waals surface area contributed by atoms with Gasteiger partial charge >= 0.3 is 5.97 Å². The zero-order valence-corrected chi connectivity index (χ0v) is 14.8. The van der Waals surface area contributed by atoms with E-state index in [1.165, 1.54) is 11.8 Å². The Morgan fingerprint density at radius 1 is 1.33 bits per heavy atom. The van der Waals surface area contributed by atoms with Crippen LogP contribution in [0.5, 0.6) is 0 Å². The third kappa shape index (κ3) is 3.59. The lowest BCUT2D eigenvalue weighted by molar-refractivity contribution is -0.147. The van der Waals surface area contributed by atoms with Gasteiger partial charge in [0.2, 0.25) is 5.91 Å². The number of piperidine rings is 1. The van der Waals surface area contributed by atoms with Crippen molar-refractivity contribution in [3.05, 3.63) is 29.8 Å². The lowest BCUT2D eigenvalue weighted by Gasteiger charge is -2.33. The zero-order chi connectivity index (χ0) is 17.2. The monoisotopic (exact) mass is 348 g/mol. The molecule has 1 atom stereocenters. The highest BCUT2D eigenvalue weighted by molar-refractivity contribution is 8.00. The van der Waals surface area contributed by atoms with Crippen molar-refractivity contribution in [2.24, 2.45) is 5.41 Å². The summed E-state index contributed by atoms with van der Waals surface area (Å²) in [5.74, 6) is -0.645. The summed E-state index contributed by atoms with van der Waals surface area (Å²) >= 11 is 1.49. The van der Waals surface area contributed by atoms with E-state index in [1.54, 1.807) is 4.90 Å². The van der Waals surface area contributed by atoms with Gasteiger partial charge in [0, 0.05) is 11.4 Å². The smallest absolute Gasteiger partial charge is 0.326 e. The first-order chi connectivity index (χ1) is 11.5. The maximum atomic E-state index is 12.7. The Kier molecular flexibility index (Phi) is 5.15. The van der Waals surface area contributed by atoms with Crippen molar-refractivity contribution in [2.45, 2.75) is 37.1 Å². The van der Waals surface area contributed by atoms with E-state index in [1.807, 2.05) is 31.2 Å². The van der Waals surface area contributed by atoms with E-state index < -0.39 is 12.0 Å². The summed E-state index contributed by atoms with van der Waals surface area (Å²) in [6.45, 7) is 4.42. The van der Waals surface area contributed by atoms with Gasteiger partial charge in [0.05, 0.1) is 5.75 Å². The van der Waals surface area contributed by atoms with E-state index >= 15 is 0 Å². The number of carboxylic acid groups (broad SMARTS) is 1. The number of aliphatic carboxylic acids is 1. The molecule has 1 aromatic carbocycles. The number of aryl methyl sites for hydroxylation is 1. The zero-order valence-electron chi connectivity index (χ0n) is 14.0. The molecule has 0 aliphatic carbocycles. The molecule has 2 aliphatic rings. The number of hydrogen-bond donors (Lipinski definition) is 2. The fraction of sp³-hybridized carbons (Fsp3) is 0.556. The van der Waals surface area contributed by atoms with Crippen molar-refractivity contribution < 1.29 is 14.7 Å². The van der Waals surface area contributed by atoms with Crippen molar-refractivity contribution in [3.63, 3.8) is 0 Å². The van der Waals surface area contributed by atoms with Crippen LogP contribution >= 0.6 is 11.8 Å². The number of carboxylic acids is 1. The first-order valence-electron chi connectivity index (χ1n) is 8.42. The molecule has 0 unspecified atom stereocenters. The molecule has 1 spiro atoms. The van der Waals surface area contributed by atoms with Crippen molar-refractivity contribution in [1.82, 2.24) is 10.2 Å². The SMILES string of the molecule is Cc1ccccc1SCC(=O)N1CC2(CCNCC2)C[C@H]1C(=O)O. The number of carbonyl (C=O) groups is 2. The number of amides is 1. The van der Waals surface area contributed by atoms with Crippen LogP contribution in [0.25, 0.3) is 0 Å². The predicted octanol–water partition coefficient (Wildman–Crippen LogP) is 2.14. The number of likely N-dealkylation sites (tertiary alicyclic amines) is 1. The number of carbonyl (C=O) groups excluding carboxylic acids is 1. The van der Waals surface area contributed by atoms with E-state index in [4.69, 9.17) is 0 Å². The summed E-state index contributed by atoms with van der Waals surface area (Å²) < 4.78 is 0. The van der Waals surface area contributed by atoms with Gasteiger partial charge in [-0.05, 0) is 56.3 Å². The molecule has 0 radical (unpaired) electrons. The van der Waals surface area contributed by atoms with Crippen LogP contribution in [0.1, 0.15) is 24.8 Å². The van der Waals surface area contributed by atoms with Crippen LogP contribution in [0, 0.1) is 12.3 Å². The van der Waals surface area contributed by atoms with Crippen molar-refractivity contribution in [3.8, 4) is 0 Å². The average molecular weight is 348 g/mol. The standard InChI is InChI=1S/C18H24N2O3S/c1-13-4-2-3-5-15(13)24-11-16(21)20-12-18(6-8-19-9-7-18)10-14(20)17(22)23/h2-5,14,19H,6-12H2,1H3,(H,22,23)/t14-/m0/s1. The molecule has 3 rings (SSSR count). The minimum Gasteiger partial charge on any atom is -0.480 e. The first-order valence-corrected chi connectivity index (χ1v) is 9.41. The second-order valence-corrected chi connectivity index (χ2v) is 7.90. The highest BCUT2D eigenvalue weighted by atomic mass is 32.2. The minimum absolute atomic E-state index is 0.0166. The summed E-state index contributed by atoms with van der Waals surface area (Å²) in [6.07, 6.45) is 2.49. The van der Waals surface area contributed by atoms with Gasteiger partial charge in [-0.25, -0.2) is 4.79 Å². The first kappa shape index (κ1) is 17.3. The van der Waals surface area contributed by atoms with Crippen molar-refractivity contribution in [1.29, 1.82) is 0 Å². The van der Waals surface area contributed by atoms with Gasteiger partial charge in [0.15, 0.2) is 0 Å². The second kappa shape index (κ2) is 7.15. The molecular weight excluding hydrogens is 324 g/mol. The quantitative estimate of drug-likeness (QED) is 0.816. The number of hydrogen-bond acceptors (Lipinski definition) is 4. The van der Waals surface area contributed by atoms with Crippen LogP contribution in [0.2, 0.25) is 0 Å². The van der Waals surface area contributed by atoms with Crippen molar-refractivity contribution in [2.75, 3.05) is 25.4 Å². The van der Waals surface area contributed by atoms with E-state index in [-0.39, 0.29) is 11.3 Å². The molecule has 130 valence electrons. The Hall–Kier alpha value is -1.53. The topological polar surface area (TPSA) is 69.6 Å². The Bertz CT molecular complexity index is 628. The molecule has 6 heteroatoms. The fourth-order valence-electron chi connectivity index (χ4n) is 3.80. The molecule has 2 heterocycles. The summed E-state index contributed by atoms with van der Waals surface area (Å²) in [6, 6.07) is 7.28. The molecule has 2 fully saturated rings. The molecule has 5 nitrogen and oxygen atoms in total. The van der Waals surface area contributed by atoms with E-state index in [9.17, 15) is 14.7 Å². The number of thioether (sulfide) groups is 1. The molecule has 0 saturated carbocycles. The molecule has 0 aromatic heterocycles. The van der Waals surface area contributed by atoms with Gasteiger partial charge in [0.25, 0.3) is 0 Å². The van der Waals surface area contributed by atoms with Gasteiger partial charge in [-0.3, -0.25) is 4.79 Å². The van der Waals surface area contributed by atoms with Crippen LogP contribution < -0.4 is 5.32 Å². The fourth-order valence-corrected chi connectivity index (χ4v) is 4.71. The molecule has 2 N–H and O–H groups in total. The van der Waals surface area contributed by atoms with E-state index in [0.717, 1.165) is 36.4 Å². The molecule has 1 amide bonds. The highest BCUT2D eigenvalue weighted by Crippen LogP contribution is 2.42. The number of nitrogens with one attached hydrogen (secondary N) is 1. The molecule has 0 bridgehead atoms. The number of nitrogens with zero attached hydrogens (tertiary/aromatic N) is 1. The van der Waals surface area contributed by atoms with Crippen molar-refractivity contribution >= 4 is 23.6 Å². The number of rotatable bonds is 4. The summed E-state index contributed by atoms with van der Waals surface area (Å²) in [7, 11) is 0. The molecule has 2 aliphatic heterocycles. The average Bonchev–Trinajstić information content (AvgIpc) is 2.94. The van der Waals surface area contributed by atoms with Gasteiger partial charge in [0.1, 0.15) is 6.04 Å². The van der Waals surface area contributed by atoms with Gasteiger partial charge < -0.3 is 15.3 Å². The minimum atomic E-state index is -0.875. The normalized spacial score (nSPS) is 22.7. The number of benzene rings is 1. The van der Waals surface area contributed by atoms with Gasteiger partial charge in [-0.1, -0.05) is 18.2 Å². The van der Waals surface area contributed by atoms with E-state index in [2.05, 4.69) is 5.32 Å². The van der Waals surface area contributed by atoms with Crippen LogP contribution in [0.15, 0.2) is 29.2 Å². The molecule has 24 heavy (non-hydrogen) atoms. The Labute approximate surface area is 146 Å². The molecule has 1 aromatic rings. The summed E-state index contributed by atoms with van der Waals surface area (Å²) in [5, 5.41) is 12.9. The van der Waals surface area contributed by atoms with Crippen LogP contribution in [0.4, 0.5) is 0 Å². The third-order valence-corrected chi connectivity index (χ3v) is 6.38. The Morgan fingerprint density at radius 2 is 2.04 bits per heavy atom. The van der Waals surface area contributed by atoms with Crippen LogP contribution in [-0.2, 0) is 9.59 Å². The van der Waals surface area contributed by atoms with E-state index in [0.29, 0.717) is 18.7 Å². The lowest BCUT2D eigenvalue weighted by Crippen LogP contribution is -2.42. The lowest BCUT2D eigenvalue weighted by atomic mass is 9.77. The predicted molar refractivity (Wildman–Crippen MR) is 94.2 cm³/mol. The maximum absolute atomic E-state index is 12.7. The Morgan fingerprint density at radius 3 is 2.71 bits per heavy atom.